The number of ether oxygens (including phenoxy) is 1. The third-order valence-corrected chi connectivity index (χ3v) is 7.78. The van der Waals surface area contributed by atoms with Crippen LogP contribution in [0.15, 0.2) is 49.1 Å². The first-order valence-electron chi connectivity index (χ1n) is 12.7. The Morgan fingerprint density at radius 3 is 2.13 bits per heavy atom. The fourth-order valence-electron chi connectivity index (χ4n) is 5.71. The lowest BCUT2D eigenvalue weighted by molar-refractivity contribution is 0.148. The summed E-state index contributed by atoms with van der Waals surface area (Å²) < 4.78 is 5.63. The van der Waals surface area contributed by atoms with Crippen molar-refractivity contribution in [2.75, 3.05) is 6.61 Å². The number of hydrogen-bond acceptors (Lipinski definition) is 1. The summed E-state index contributed by atoms with van der Waals surface area (Å²) in [5.41, 5.74) is 2.75. The van der Waals surface area contributed by atoms with E-state index in [2.05, 4.69) is 43.0 Å². The van der Waals surface area contributed by atoms with Gasteiger partial charge in [0.05, 0.1) is 13.2 Å². The highest BCUT2D eigenvalue weighted by Crippen LogP contribution is 2.42. The molecular formula is C29H44O. The molecular weight excluding hydrogens is 364 g/mol. The van der Waals surface area contributed by atoms with Gasteiger partial charge in [-0.3, -0.25) is 0 Å². The quantitative estimate of drug-likeness (QED) is 0.264. The number of hydrogen-bond donors (Lipinski definition) is 0. The second-order valence-electron chi connectivity index (χ2n) is 9.84. The Morgan fingerprint density at radius 2 is 1.50 bits per heavy atom. The summed E-state index contributed by atoms with van der Waals surface area (Å²) in [6.45, 7) is 7.44. The highest BCUT2D eigenvalue weighted by molar-refractivity contribution is 5.22. The van der Waals surface area contributed by atoms with Crippen LogP contribution in [0.3, 0.4) is 0 Å². The molecule has 166 valence electrons. The van der Waals surface area contributed by atoms with Gasteiger partial charge in [-0.1, -0.05) is 68.2 Å². The minimum atomic E-state index is 0.705. The largest absolute Gasteiger partial charge is 0.373 e. The molecule has 0 unspecified atom stereocenters. The molecule has 1 aromatic carbocycles. The van der Waals surface area contributed by atoms with Gasteiger partial charge in [-0.25, -0.2) is 0 Å². The number of benzene rings is 1. The van der Waals surface area contributed by atoms with Gasteiger partial charge in [0.2, 0.25) is 0 Å². The predicted molar refractivity (Wildman–Crippen MR) is 130 cm³/mol. The van der Waals surface area contributed by atoms with Gasteiger partial charge < -0.3 is 4.74 Å². The van der Waals surface area contributed by atoms with Crippen LogP contribution in [0.25, 0.3) is 0 Å². The lowest BCUT2D eigenvalue weighted by Gasteiger charge is -2.37. The van der Waals surface area contributed by atoms with E-state index in [1.54, 1.807) is 0 Å². The van der Waals surface area contributed by atoms with Crippen molar-refractivity contribution in [2.45, 2.75) is 90.6 Å². The summed E-state index contributed by atoms with van der Waals surface area (Å²) in [6.07, 6.45) is 23.4. The summed E-state index contributed by atoms with van der Waals surface area (Å²) in [5.74, 6) is 3.87. The Hall–Kier alpha value is -1.34. The van der Waals surface area contributed by atoms with Crippen LogP contribution in [0.4, 0.5) is 0 Å². The molecule has 0 N–H and O–H groups in total. The van der Waals surface area contributed by atoms with Crippen molar-refractivity contribution in [1.29, 1.82) is 0 Å². The molecule has 0 spiro atoms. The fourth-order valence-corrected chi connectivity index (χ4v) is 5.71. The van der Waals surface area contributed by atoms with Crippen LogP contribution >= 0.6 is 0 Å². The Labute approximate surface area is 186 Å². The van der Waals surface area contributed by atoms with Crippen LogP contribution < -0.4 is 0 Å². The van der Waals surface area contributed by atoms with E-state index in [9.17, 15) is 0 Å². The van der Waals surface area contributed by atoms with Crippen molar-refractivity contribution in [3.63, 3.8) is 0 Å². The lowest BCUT2D eigenvalue weighted by Crippen LogP contribution is -2.25. The second kappa shape index (κ2) is 13.2. The first-order chi connectivity index (χ1) is 14.8. The number of unbranched alkanes of at least 4 members (excludes halogenated alkanes) is 1. The monoisotopic (exact) mass is 408 g/mol. The van der Waals surface area contributed by atoms with Crippen molar-refractivity contribution < 1.29 is 4.74 Å². The smallest absolute Gasteiger partial charge is 0.0721 e. The highest BCUT2D eigenvalue weighted by atomic mass is 16.5. The van der Waals surface area contributed by atoms with E-state index < -0.39 is 0 Å². The van der Waals surface area contributed by atoms with Crippen molar-refractivity contribution in [3.8, 4) is 0 Å². The molecule has 2 aliphatic carbocycles. The molecule has 1 nitrogen and oxygen atoms in total. The molecule has 2 saturated carbocycles. The zero-order valence-electron chi connectivity index (χ0n) is 19.4. The molecule has 0 bridgehead atoms. The molecule has 2 aliphatic rings. The average molecular weight is 409 g/mol. The van der Waals surface area contributed by atoms with Crippen molar-refractivity contribution in [2.24, 2.45) is 23.7 Å². The lowest BCUT2D eigenvalue weighted by atomic mass is 9.68. The molecule has 0 radical (unpaired) electrons. The zero-order chi connectivity index (χ0) is 21.0. The number of aryl methyl sites for hydroxylation is 1. The number of allylic oxidation sites excluding steroid dienone is 2. The zero-order valence-corrected chi connectivity index (χ0v) is 19.4. The standard InChI is InChI=1S/C29H44O/c1-3-5-22-30-23-27-12-10-25(11-13-27)8-6-7-9-26-16-20-29(21-17-26)28-18-14-24(4-2)15-19-28/h3-5,10-13,24,26,28-29H,2,6-9,14-23H2,1H3/t24-,26-,28-,29-. The van der Waals surface area contributed by atoms with Gasteiger partial charge in [0.25, 0.3) is 0 Å². The third-order valence-electron chi connectivity index (χ3n) is 7.78. The molecule has 1 aromatic rings. The Balaban J connectivity index is 1.25. The molecule has 1 heteroatoms. The SMILES string of the molecule is C=C[C@H]1CC[C@H]([C@H]2CC[C@H](CCCCc3ccc(COCC=CC)cc3)CC2)CC1. The highest BCUT2D eigenvalue weighted by Gasteiger charge is 2.29. The van der Waals surface area contributed by atoms with E-state index in [1.165, 1.54) is 88.2 Å². The normalized spacial score (nSPS) is 27.4. The molecule has 0 aliphatic heterocycles. The van der Waals surface area contributed by atoms with E-state index in [4.69, 9.17) is 4.74 Å². The van der Waals surface area contributed by atoms with Crippen LogP contribution in [-0.4, -0.2) is 6.61 Å². The van der Waals surface area contributed by atoms with Gasteiger partial charge in [-0.2, -0.15) is 0 Å². The maximum Gasteiger partial charge on any atom is 0.0721 e. The minimum absolute atomic E-state index is 0.705. The van der Waals surface area contributed by atoms with Crippen LogP contribution in [0, 0.1) is 23.7 Å². The van der Waals surface area contributed by atoms with Crippen LogP contribution in [0.5, 0.6) is 0 Å². The molecule has 0 heterocycles. The molecule has 30 heavy (non-hydrogen) atoms. The molecule has 0 aromatic heterocycles. The molecule has 0 amide bonds. The second-order valence-corrected chi connectivity index (χ2v) is 9.84. The van der Waals surface area contributed by atoms with E-state index in [-0.39, 0.29) is 0 Å². The van der Waals surface area contributed by atoms with Gasteiger partial charge in [-0.05, 0) is 93.1 Å². The molecule has 0 atom stereocenters. The van der Waals surface area contributed by atoms with E-state index in [1.807, 2.05) is 13.0 Å². The van der Waals surface area contributed by atoms with Gasteiger partial charge >= 0.3 is 0 Å². The summed E-state index contributed by atoms with van der Waals surface area (Å²) in [5, 5.41) is 0. The predicted octanol–water partition coefficient (Wildman–Crippen LogP) is 8.29. The maximum atomic E-state index is 5.63. The summed E-state index contributed by atoms with van der Waals surface area (Å²) in [7, 11) is 0. The minimum Gasteiger partial charge on any atom is -0.373 e. The molecule has 0 saturated heterocycles. The van der Waals surface area contributed by atoms with Crippen LogP contribution in [0.2, 0.25) is 0 Å². The van der Waals surface area contributed by atoms with Crippen LogP contribution in [0.1, 0.15) is 88.7 Å². The summed E-state index contributed by atoms with van der Waals surface area (Å²) >= 11 is 0. The summed E-state index contributed by atoms with van der Waals surface area (Å²) in [6, 6.07) is 9.05. The first kappa shape index (κ1) is 23.3. The van der Waals surface area contributed by atoms with E-state index in [0.29, 0.717) is 13.2 Å². The van der Waals surface area contributed by atoms with E-state index in [0.717, 1.165) is 23.7 Å². The maximum absolute atomic E-state index is 5.63. The van der Waals surface area contributed by atoms with Crippen molar-refractivity contribution in [3.05, 3.63) is 60.2 Å². The molecule has 2 fully saturated rings. The topological polar surface area (TPSA) is 9.23 Å². The Kier molecular flexibility index (Phi) is 10.2. The Morgan fingerprint density at radius 1 is 0.867 bits per heavy atom. The van der Waals surface area contributed by atoms with Crippen molar-refractivity contribution >= 4 is 0 Å². The van der Waals surface area contributed by atoms with Gasteiger partial charge in [-0.15, -0.1) is 6.58 Å². The van der Waals surface area contributed by atoms with Gasteiger partial charge in [0.15, 0.2) is 0 Å². The molecule has 3 rings (SSSR count). The third kappa shape index (κ3) is 7.73. The van der Waals surface area contributed by atoms with Crippen LogP contribution in [-0.2, 0) is 17.8 Å². The average Bonchev–Trinajstić information content (AvgIpc) is 2.81. The Bertz CT molecular complexity index is 612. The first-order valence-corrected chi connectivity index (χ1v) is 12.7. The summed E-state index contributed by atoms with van der Waals surface area (Å²) in [4.78, 5) is 0. The van der Waals surface area contributed by atoms with Gasteiger partial charge in [0, 0.05) is 0 Å². The number of rotatable bonds is 11. The fraction of sp³-hybridized carbons (Fsp3) is 0.655. The van der Waals surface area contributed by atoms with Crippen molar-refractivity contribution in [1.82, 2.24) is 0 Å². The van der Waals surface area contributed by atoms with E-state index >= 15 is 0 Å². The van der Waals surface area contributed by atoms with Gasteiger partial charge in [0.1, 0.15) is 0 Å².